The first kappa shape index (κ1) is 14.8. The van der Waals surface area contributed by atoms with Crippen LogP contribution in [0.25, 0.3) is 0 Å². The normalized spacial score (nSPS) is 10.4. The number of benzene rings is 1. The van der Waals surface area contributed by atoms with Crippen molar-refractivity contribution in [2.45, 2.75) is 27.2 Å². The van der Waals surface area contributed by atoms with E-state index in [0.717, 1.165) is 39.6 Å². The molecule has 1 aromatic carbocycles. The monoisotopic (exact) mass is 334 g/mol. The standard InChI is InChI=1S/C15H19BrN4/c1-5-13-19-14(17-4)10(3)15(20-13)18-12-7-6-11(16)8-9(12)2/h6-8H,5H2,1-4H3,(H2,17,18,19,20). The zero-order valence-corrected chi connectivity index (χ0v) is 13.8. The van der Waals surface area contributed by atoms with E-state index in [1.165, 1.54) is 5.56 Å². The van der Waals surface area contributed by atoms with Gasteiger partial charge in [-0.3, -0.25) is 0 Å². The zero-order chi connectivity index (χ0) is 14.7. The molecule has 5 heteroatoms. The zero-order valence-electron chi connectivity index (χ0n) is 12.2. The first-order valence-corrected chi connectivity index (χ1v) is 7.43. The van der Waals surface area contributed by atoms with Crippen molar-refractivity contribution in [2.24, 2.45) is 0 Å². The third kappa shape index (κ3) is 3.10. The highest BCUT2D eigenvalue weighted by molar-refractivity contribution is 9.10. The molecule has 20 heavy (non-hydrogen) atoms. The highest BCUT2D eigenvalue weighted by atomic mass is 79.9. The van der Waals surface area contributed by atoms with Crippen LogP contribution in [0.4, 0.5) is 17.3 Å². The van der Waals surface area contributed by atoms with E-state index in [2.05, 4.69) is 56.4 Å². The van der Waals surface area contributed by atoms with Crippen molar-refractivity contribution in [3.63, 3.8) is 0 Å². The van der Waals surface area contributed by atoms with Gasteiger partial charge in [0.05, 0.1) is 0 Å². The molecule has 0 spiro atoms. The minimum atomic E-state index is 0.808. The van der Waals surface area contributed by atoms with Gasteiger partial charge >= 0.3 is 0 Å². The fourth-order valence-electron chi connectivity index (χ4n) is 1.98. The number of anilines is 3. The first-order chi connectivity index (χ1) is 9.55. The van der Waals surface area contributed by atoms with Gasteiger partial charge in [0, 0.05) is 29.2 Å². The number of halogens is 1. The molecule has 0 saturated heterocycles. The van der Waals surface area contributed by atoms with Gasteiger partial charge in [-0.05, 0) is 37.6 Å². The minimum Gasteiger partial charge on any atom is -0.373 e. The summed E-state index contributed by atoms with van der Waals surface area (Å²) in [6.07, 6.45) is 0.808. The fourth-order valence-corrected chi connectivity index (χ4v) is 2.46. The molecular formula is C15H19BrN4. The number of nitrogens with one attached hydrogen (secondary N) is 2. The maximum atomic E-state index is 4.58. The number of rotatable bonds is 4. The summed E-state index contributed by atoms with van der Waals surface area (Å²) in [7, 11) is 1.88. The Hall–Kier alpha value is -1.62. The highest BCUT2D eigenvalue weighted by Gasteiger charge is 2.10. The van der Waals surface area contributed by atoms with Crippen molar-refractivity contribution >= 4 is 33.3 Å². The molecule has 0 unspecified atom stereocenters. The minimum absolute atomic E-state index is 0.808. The van der Waals surface area contributed by atoms with Crippen LogP contribution in [-0.4, -0.2) is 17.0 Å². The van der Waals surface area contributed by atoms with Gasteiger partial charge in [0.2, 0.25) is 0 Å². The second-order valence-electron chi connectivity index (χ2n) is 4.65. The van der Waals surface area contributed by atoms with Crippen molar-refractivity contribution in [1.82, 2.24) is 9.97 Å². The maximum Gasteiger partial charge on any atom is 0.139 e. The molecule has 0 radical (unpaired) electrons. The Balaban J connectivity index is 2.42. The number of hydrogen-bond donors (Lipinski definition) is 2. The number of aryl methyl sites for hydroxylation is 2. The Morgan fingerprint density at radius 1 is 1.15 bits per heavy atom. The van der Waals surface area contributed by atoms with Crippen molar-refractivity contribution in [3.8, 4) is 0 Å². The molecule has 0 fully saturated rings. The molecule has 4 nitrogen and oxygen atoms in total. The Kier molecular flexibility index (Phi) is 4.60. The van der Waals surface area contributed by atoms with E-state index in [1.54, 1.807) is 0 Å². The first-order valence-electron chi connectivity index (χ1n) is 6.63. The molecule has 1 heterocycles. The molecule has 0 saturated carbocycles. The molecule has 2 aromatic rings. The second kappa shape index (κ2) is 6.22. The van der Waals surface area contributed by atoms with E-state index in [1.807, 2.05) is 26.1 Å². The van der Waals surface area contributed by atoms with Crippen molar-refractivity contribution in [2.75, 3.05) is 17.7 Å². The third-order valence-electron chi connectivity index (χ3n) is 3.19. The van der Waals surface area contributed by atoms with Crippen LogP contribution >= 0.6 is 15.9 Å². The van der Waals surface area contributed by atoms with Crippen molar-refractivity contribution in [3.05, 3.63) is 39.6 Å². The fraction of sp³-hybridized carbons (Fsp3) is 0.333. The molecule has 2 rings (SSSR count). The Morgan fingerprint density at radius 3 is 2.45 bits per heavy atom. The summed E-state index contributed by atoms with van der Waals surface area (Å²) >= 11 is 3.48. The van der Waals surface area contributed by atoms with E-state index >= 15 is 0 Å². The van der Waals surface area contributed by atoms with E-state index in [0.29, 0.717) is 0 Å². The van der Waals surface area contributed by atoms with Crippen LogP contribution in [-0.2, 0) is 6.42 Å². The van der Waals surface area contributed by atoms with Crippen LogP contribution in [0.3, 0.4) is 0 Å². The predicted octanol–water partition coefficient (Wildman–Crippen LogP) is 4.20. The highest BCUT2D eigenvalue weighted by Crippen LogP contribution is 2.27. The van der Waals surface area contributed by atoms with Crippen LogP contribution < -0.4 is 10.6 Å². The van der Waals surface area contributed by atoms with Crippen LogP contribution in [0, 0.1) is 13.8 Å². The van der Waals surface area contributed by atoms with E-state index in [-0.39, 0.29) is 0 Å². The molecule has 0 aliphatic heterocycles. The van der Waals surface area contributed by atoms with Crippen LogP contribution in [0.5, 0.6) is 0 Å². The molecule has 1 aromatic heterocycles. The summed E-state index contributed by atoms with van der Waals surface area (Å²) in [4.78, 5) is 9.06. The van der Waals surface area contributed by atoms with Gasteiger partial charge in [-0.25, -0.2) is 9.97 Å². The van der Waals surface area contributed by atoms with Gasteiger partial charge < -0.3 is 10.6 Å². The Bertz CT molecular complexity index is 626. The molecule has 0 aliphatic rings. The summed E-state index contributed by atoms with van der Waals surface area (Å²) < 4.78 is 1.07. The molecule has 0 atom stereocenters. The van der Waals surface area contributed by atoms with E-state index in [4.69, 9.17) is 0 Å². The average molecular weight is 335 g/mol. The summed E-state index contributed by atoms with van der Waals surface area (Å²) in [5, 5.41) is 6.53. The lowest BCUT2D eigenvalue weighted by Gasteiger charge is -2.15. The summed E-state index contributed by atoms with van der Waals surface area (Å²) in [6.45, 7) is 6.14. The number of nitrogens with zero attached hydrogens (tertiary/aromatic N) is 2. The van der Waals surface area contributed by atoms with Crippen LogP contribution in [0.2, 0.25) is 0 Å². The lowest BCUT2D eigenvalue weighted by atomic mass is 10.2. The second-order valence-corrected chi connectivity index (χ2v) is 5.57. The summed E-state index contributed by atoms with van der Waals surface area (Å²) in [5.74, 6) is 2.55. The lowest BCUT2D eigenvalue weighted by molar-refractivity contribution is 0.935. The Labute approximate surface area is 128 Å². The number of hydrogen-bond acceptors (Lipinski definition) is 4. The van der Waals surface area contributed by atoms with E-state index in [9.17, 15) is 0 Å². The third-order valence-corrected chi connectivity index (χ3v) is 3.68. The van der Waals surface area contributed by atoms with Gasteiger partial charge in [-0.15, -0.1) is 0 Å². The smallest absolute Gasteiger partial charge is 0.139 e. The quantitative estimate of drug-likeness (QED) is 0.879. The Morgan fingerprint density at radius 2 is 1.85 bits per heavy atom. The predicted molar refractivity (Wildman–Crippen MR) is 87.9 cm³/mol. The molecular weight excluding hydrogens is 316 g/mol. The summed E-state index contributed by atoms with van der Waals surface area (Å²) in [6, 6.07) is 6.15. The molecule has 0 amide bonds. The van der Waals surface area contributed by atoms with Crippen LogP contribution in [0.1, 0.15) is 23.9 Å². The SMILES string of the molecule is CCc1nc(NC)c(C)c(Nc2ccc(Br)cc2C)n1. The number of aromatic nitrogens is 2. The largest absolute Gasteiger partial charge is 0.373 e. The molecule has 0 bridgehead atoms. The maximum absolute atomic E-state index is 4.58. The van der Waals surface area contributed by atoms with Crippen molar-refractivity contribution < 1.29 is 0 Å². The summed E-state index contributed by atoms with van der Waals surface area (Å²) in [5.41, 5.74) is 3.24. The average Bonchev–Trinajstić information content (AvgIpc) is 2.43. The van der Waals surface area contributed by atoms with Crippen molar-refractivity contribution in [1.29, 1.82) is 0 Å². The van der Waals surface area contributed by atoms with Gasteiger partial charge in [0.15, 0.2) is 0 Å². The van der Waals surface area contributed by atoms with E-state index < -0.39 is 0 Å². The topological polar surface area (TPSA) is 49.8 Å². The lowest BCUT2D eigenvalue weighted by Crippen LogP contribution is -2.07. The molecule has 106 valence electrons. The van der Waals surface area contributed by atoms with Gasteiger partial charge in [-0.2, -0.15) is 0 Å². The molecule has 0 aliphatic carbocycles. The van der Waals surface area contributed by atoms with Gasteiger partial charge in [-0.1, -0.05) is 22.9 Å². The van der Waals surface area contributed by atoms with Crippen LogP contribution in [0.15, 0.2) is 22.7 Å². The molecule has 2 N–H and O–H groups in total. The van der Waals surface area contributed by atoms with Gasteiger partial charge in [0.25, 0.3) is 0 Å². The van der Waals surface area contributed by atoms with Gasteiger partial charge in [0.1, 0.15) is 17.5 Å².